The zero-order chi connectivity index (χ0) is 15.7. The molecule has 0 aliphatic carbocycles. The SMILES string of the molecule is COC(CNc1ncnc2c1sc1nc(C)cc(C)c12)OC. The number of anilines is 1. The topological polar surface area (TPSA) is 69.2 Å². The van der Waals surface area contributed by atoms with Crippen molar-refractivity contribution in [1.82, 2.24) is 15.0 Å². The quantitative estimate of drug-likeness (QED) is 0.730. The van der Waals surface area contributed by atoms with E-state index >= 15 is 0 Å². The van der Waals surface area contributed by atoms with E-state index in [0.29, 0.717) is 6.54 Å². The number of ether oxygens (including phenoxy) is 2. The lowest BCUT2D eigenvalue weighted by molar-refractivity contribution is -0.0914. The first-order valence-corrected chi connectivity index (χ1v) is 7.76. The van der Waals surface area contributed by atoms with E-state index in [1.54, 1.807) is 31.9 Å². The number of nitrogens with zero attached hydrogens (tertiary/aromatic N) is 3. The summed E-state index contributed by atoms with van der Waals surface area (Å²) in [6.07, 6.45) is 1.26. The second-order valence-corrected chi connectivity index (χ2v) is 6.04. The van der Waals surface area contributed by atoms with Crippen molar-refractivity contribution in [3.63, 3.8) is 0 Å². The van der Waals surface area contributed by atoms with E-state index in [1.807, 2.05) is 6.92 Å². The highest BCUT2D eigenvalue weighted by molar-refractivity contribution is 7.26. The Morgan fingerprint density at radius 2 is 2.00 bits per heavy atom. The zero-order valence-electron chi connectivity index (χ0n) is 13.0. The highest BCUT2D eigenvalue weighted by atomic mass is 32.1. The summed E-state index contributed by atoms with van der Waals surface area (Å²) < 4.78 is 11.4. The van der Waals surface area contributed by atoms with Crippen LogP contribution >= 0.6 is 11.3 Å². The van der Waals surface area contributed by atoms with Crippen molar-refractivity contribution < 1.29 is 9.47 Å². The van der Waals surface area contributed by atoms with Gasteiger partial charge in [0.25, 0.3) is 0 Å². The third kappa shape index (κ3) is 2.63. The second-order valence-electron chi connectivity index (χ2n) is 5.04. The van der Waals surface area contributed by atoms with E-state index in [1.165, 1.54) is 5.56 Å². The largest absolute Gasteiger partial charge is 0.364 e. The first-order valence-electron chi connectivity index (χ1n) is 6.95. The van der Waals surface area contributed by atoms with Gasteiger partial charge in [0, 0.05) is 25.3 Å². The van der Waals surface area contributed by atoms with Gasteiger partial charge in [-0.15, -0.1) is 11.3 Å². The lowest BCUT2D eigenvalue weighted by Crippen LogP contribution is -2.24. The zero-order valence-corrected chi connectivity index (χ0v) is 13.8. The maximum absolute atomic E-state index is 5.19. The molecule has 3 aromatic rings. The number of methoxy groups -OCH3 is 2. The van der Waals surface area contributed by atoms with Gasteiger partial charge in [0.15, 0.2) is 6.29 Å². The predicted molar refractivity (Wildman–Crippen MR) is 88.5 cm³/mol. The summed E-state index contributed by atoms with van der Waals surface area (Å²) in [7, 11) is 3.22. The number of nitrogens with one attached hydrogen (secondary N) is 1. The molecule has 6 nitrogen and oxygen atoms in total. The molecule has 0 aromatic carbocycles. The van der Waals surface area contributed by atoms with E-state index in [9.17, 15) is 0 Å². The third-order valence-corrected chi connectivity index (χ3v) is 4.59. The van der Waals surface area contributed by atoms with Crippen molar-refractivity contribution in [2.24, 2.45) is 0 Å². The molecule has 0 spiro atoms. The number of pyridine rings is 1. The minimum absolute atomic E-state index is 0.318. The van der Waals surface area contributed by atoms with Crippen LogP contribution in [0.2, 0.25) is 0 Å². The average Bonchev–Trinajstić information content (AvgIpc) is 2.87. The van der Waals surface area contributed by atoms with Crippen LogP contribution in [0.4, 0.5) is 5.82 Å². The molecule has 0 saturated carbocycles. The number of aromatic nitrogens is 3. The van der Waals surface area contributed by atoms with Crippen molar-refractivity contribution >= 4 is 37.6 Å². The van der Waals surface area contributed by atoms with Crippen LogP contribution < -0.4 is 5.32 Å². The molecule has 0 aliphatic heterocycles. The Morgan fingerprint density at radius 3 is 2.73 bits per heavy atom. The number of thiophene rings is 1. The minimum atomic E-state index is -0.318. The van der Waals surface area contributed by atoms with Gasteiger partial charge in [-0.05, 0) is 25.5 Å². The Hall–Kier alpha value is -1.83. The van der Waals surface area contributed by atoms with Crippen LogP contribution in [0, 0.1) is 13.8 Å². The first-order chi connectivity index (χ1) is 10.6. The van der Waals surface area contributed by atoms with Gasteiger partial charge in [0.2, 0.25) is 0 Å². The lowest BCUT2D eigenvalue weighted by atomic mass is 10.1. The van der Waals surface area contributed by atoms with Crippen LogP contribution in [-0.2, 0) is 9.47 Å². The Kier molecular flexibility index (Phi) is 4.19. The smallest absolute Gasteiger partial charge is 0.173 e. The minimum Gasteiger partial charge on any atom is -0.364 e. The summed E-state index contributed by atoms with van der Waals surface area (Å²) >= 11 is 1.60. The second kappa shape index (κ2) is 6.12. The average molecular weight is 318 g/mol. The van der Waals surface area contributed by atoms with Crippen LogP contribution in [0.3, 0.4) is 0 Å². The highest BCUT2D eigenvalue weighted by Crippen LogP contribution is 2.36. The Morgan fingerprint density at radius 1 is 1.23 bits per heavy atom. The Bertz CT molecular complexity index is 814. The molecule has 7 heteroatoms. The number of hydrogen-bond donors (Lipinski definition) is 1. The van der Waals surface area contributed by atoms with Crippen molar-refractivity contribution in [2.45, 2.75) is 20.1 Å². The van der Waals surface area contributed by atoms with Gasteiger partial charge in [0.1, 0.15) is 17.0 Å². The fraction of sp³-hybridized carbons (Fsp3) is 0.400. The molecule has 116 valence electrons. The number of aryl methyl sites for hydroxylation is 2. The summed E-state index contributed by atoms with van der Waals surface area (Å²) in [6, 6.07) is 2.08. The van der Waals surface area contributed by atoms with Gasteiger partial charge in [-0.1, -0.05) is 0 Å². The van der Waals surface area contributed by atoms with Crippen LogP contribution in [-0.4, -0.2) is 42.0 Å². The van der Waals surface area contributed by atoms with E-state index in [2.05, 4.69) is 33.3 Å². The van der Waals surface area contributed by atoms with Gasteiger partial charge in [-0.2, -0.15) is 0 Å². The Balaban J connectivity index is 2.07. The van der Waals surface area contributed by atoms with E-state index in [4.69, 9.17) is 9.47 Å². The molecule has 0 aliphatic rings. The molecule has 3 rings (SSSR count). The molecule has 0 amide bonds. The summed E-state index contributed by atoms with van der Waals surface area (Å²) in [5.41, 5.74) is 3.14. The molecular weight excluding hydrogens is 300 g/mol. The molecular formula is C15H18N4O2S. The van der Waals surface area contributed by atoms with Gasteiger partial charge in [-0.3, -0.25) is 0 Å². The van der Waals surface area contributed by atoms with Crippen LogP contribution in [0.25, 0.3) is 20.4 Å². The molecule has 0 unspecified atom stereocenters. The fourth-order valence-corrected chi connectivity index (χ4v) is 3.69. The van der Waals surface area contributed by atoms with E-state index in [-0.39, 0.29) is 6.29 Å². The lowest BCUT2D eigenvalue weighted by Gasteiger charge is -2.14. The fourth-order valence-electron chi connectivity index (χ4n) is 2.48. The van der Waals surface area contributed by atoms with Gasteiger partial charge in [-0.25, -0.2) is 15.0 Å². The van der Waals surface area contributed by atoms with E-state index < -0.39 is 0 Å². The first kappa shape index (κ1) is 15.1. The standard InChI is InChI=1S/C15H18N4O2S/c1-8-5-9(2)19-15-11(8)12-13(22-15)14(18-7-17-12)16-6-10(20-3)21-4/h5,7,10H,6H2,1-4H3,(H,16,17,18). The molecule has 1 N–H and O–H groups in total. The number of rotatable bonds is 5. The molecule has 0 saturated heterocycles. The monoisotopic (exact) mass is 318 g/mol. The van der Waals surface area contributed by atoms with Gasteiger partial charge < -0.3 is 14.8 Å². The highest BCUT2D eigenvalue weighted by Gasteiger charge is 2.15. The van der Waals surface area contributed by atoms with Gasteiger partial charge in [0.05, 0.1) is 16.8 Å². The molecule has 0 fully saturated rings. The van der Waals surface area contributed by atoms with Crippen molar-refractivity contribution in [1.29, 1.82) is 0 Å². The Labute approximate surface area is 132 Å². The maximum Gasteiger partial charge on any atom is 0.173 e. The van der Waals surface area contributed by atoms with E-state index in [0.717, 1.165) is 31.9 Å². The molecule has 3 aromatic heterocycles. The molecule has 3 heterocycles. The van der Waals surface area contributed by atoms with Gasteiger partial charge >= 0.3 is 0 Å². The molecule has 0 atom stereocenters. The third-order valence-electron chi connectivity index (χ3n) is 3.51. The number of hydrogen-bond acceptors (Lipinski definition) is 7. The number of fused-ring (bicyclic) bond motifs is 3. The van der Waals surface area contributed by atoms with Crippen LogP contribution in [0.15, 0.2) is 12.4 Å². The summed E-state index contributed by atoms with van der Waals surface area (Å²) in [4.78, 5) is 14.4. The van der Waals surface area contributed by atoms with Crippen molar-refractivity contribution in [2.75, 3.05) is 26.1 Å². The predicted octanol–water partition coefficient (Wildman–Crippen LogP) is 2.89. The van der Waals surface area contributed by atoms with Crippen LogP contribution in [0.1, 0.15) is 11.3 Å². The maximum atomic E-state index is 5.19. The molecule has 0 bridgehead atoms. The normalized spacial score (nSPS) is 11.7. The molecule has 22 heavy (non-hydrogen) atoms. The summed E-state index contributed by atoms with van der Waals surface area (Å²) in [5.74, 6) is 0.782. The summed E-state index contributed by atoms with van der Waals surface area (Å²) in [5, 5.41) is 4.37. The van der Waals surface area contributed by atoms with Crippen molar-refractivity contribution in [3.8, 4) is 0 Å². The van der Waals surface area contributed by atoms with Crippen molar-refractivity contribution in [3.05, 3.63) is 23.7 Å². The van der Waals surface area contributed by atoms with Crippen LogP contribution in [0.5, 0.6) is 0 Å². The summed E-state index contributed by atoms with van der Waals surface area (Å²) in [6.45, 7) is 4.60. The molecule has 0 radical (unpaired) electrons.